The maximum Gasteiger partial charge on any atom is 0.262 e. The Morgan fingerprint density at radius 2 is 1.92 bits per heavy atom. The van der Waals surface area contributed by atoms with Crippen LogP contribution in [0.15, 0.2) is 34.2 Å². The van der Waals surface area contributed by atoms with Crippen LogP contribution in [0.2, 0.25) is 0 Å². The number of thiophene rings is 1. The van der Waals surface area contributed by atoms with Gasteiger partial charge in [0.1, 0.15) is 10.6 Å². The van der Waals surface area contributed by atoms with Crippen LogP contribution in [0.4, 0.5) is 0 Å². The molecule has 1 aromatic carbocycles. The Morgan fingerprint density at radius 3 is 2.62 bits per heavy atom. The second-order valence-corrected chi connectivity index (χ2v) is 8.00. The lowest BCUT2D eigenvalue weighted by Crippen LogP contribution is -2.20. The molecule has 0 saturated heterocycles. The van der Waals surface area contributed by atoms with E-state index in [1.807, 2.05) is 38.1 Å². The lowest BCUT2D eigenvalue weighted by molar-refractivity contribution is 0.343. The van der Waals surface area contributed by atoms with E-state index in [0.717, 1.165) is 37.3 Å². The topological polar surface area (TPSA) is 44.1 Å². The van der Waals surface area contributed by atoms with Gasteiger partial charge >= 0.3 is 0 Å². The van der Waals surface area contributed by atoms with Crippen molar-refractivity contribution in [3.8, 4) is 5.75 Å². The number of fused-ring (bicyclic) bond motifs is 1. The Bertz CT molecular complexity index is 927. The van der Waals surface area contributed by atoms with Crippen molar-refractivity contribution in [1.82, 2.24) is 9.55 Å². The molecule has 3 rings (SSSR count). The van der Waals surface area contributed by atoms with Crippen LogP contribution >= 0.6 is 23.1 Å². The predicted octanol–water partition coefficient (Wildman–Crippen LogP) is 4.09. The highest BCUT2D eigenvalue weighted by atomic mass is 32.2. The van der Waals surface area contributed by atoms with Crippen molar-refractivity contribution in [2.45, 2.75) is 25.9 Å². The molecular formula is C18H20N2O2S2. The molecule has 3 aromatic rings. The normalized spacial score (nSPS) is 11.2. The van der Waals surface area contributed by atoms with Crippen LogP contribution in [0, 0.1) is 20.8 Å². The Balaban J connectivity index is 1.70. The fourth-order valence-electron chi connectivity index (χ4n) is 2.41. The van der Waals surface area contributed by atoms with Crippen molar-refractivity contribution in [1.29, 1.82) is 0 Å². The Labute approximate surface area is 149 Å². The van der Waals surface area contributed by atoms with Gasteiger partial charge in [-0.1, -0.05) is 29.5 Å². The second kappa shape index (κ2) is 6.99. The van der Waals surface area contributed by atoms with E-state index in [9.17, 15) is 4.79 Å². The van der Waals surface area contributed by atoms with Gasteiger partial charge < -0.3 is 4.74 Å². The SMILES string of the molecule is Cc1ccc(OCCSc2nc3sc(C)c(C)c3c(=O)n2C)cc1. The number of hydrogen-bond acceptors (Lipinski definition) is 5. The van der Waals surface area contributed by atoms with Crippen molar-refractivity contribution in [2.75, 3.05) is 12.4 Å². The molecule has 0 bridgehead atoms. The maximum absolute atomic E-state index is 12.6. The third-order valence-electron chi connectivity index (χ3n) is 3.97. The molecule has 0 amide bonds. The third kappa shape index (κ3) is 3.35. The molecule has 0 fully saturated rings. The molecule has 0 N–H and O–H groups in total. The summed E-state index contributed by atoms with van der Waals surface area (Å²) in [4.78, 5) is 19.2. The van der Waals surface area contributed by atoms with E-state index >= 15 is 0 Å². The minimum Gasteiger partial charge on any atom is -0.493 e. The summed E-state index contributed by atoms with van der Waals surface area (Å²) in [5, 5.41) is 1.49. The quantitative estimate of drug-likeness (QED) is 0.390. The predicted molar refractivity (Wildman–Crippen MR) is 102 cm³/mol. The zero-order chi connectivity index (χ0) is 17.3. The molecule has 24 heavy (non-hydrogen) atoms. The van der Waals surface area contributed by atoms with Crippen LogP contribution in [0.25, 0.3) is 10.2 Å². The molecule has 0 saturated carbocycles. The van der Waals surface area contributed by atoms with Gasteiger partial charge in [0.15, 0.2) is 5.16 Å². The fourth-order valence-corrected chi connectivity index (χ4v) is 4.27. The number of ether oxygens (including phenoxy) is 1. The largest absolute Gasteiger partial charge is 0.493 e. The first-order valence-electron chi connectivity index (χ1n) is 7.76. The van der Waals surface area contributed by atoms with E-state index in [0.29, 0.717) is 6.61 Å². The minimum atomic E-state index is 0.0313. The standard InChI is InChI=1S/C18H20N2O2S2/c1-11-5-7-14(8-6-11)22-9-10-23-18-19-16-15(17(21)20(18)4)12(2)13(3)24-16/h5-8H,9-10H2,1-4H3. The molecule has 6 heteroatoms. The summed E-state index contributed by atoms with van der Waals surface area (Å²) in [5.74, 6) is 1.60. The number of aryl methyl sites for hydroxylation is 3. The van der Waals surface area contributed by atoms with Gasteiger partial charge in [-0.15, -0.1) is 11.3 Å². The van der Waals surface area contributed by atoms with E-state index < -0.39 is 0 Å². The first kappa shape index (κ1) is 17.0. The number of benzene rings is 1. The first-order chi connectivity index (χ1) is 11.5. The van der Waals surface area contributed by atoms with Gasteiger partial charge in [-0.3, -0.25) is 9.36 Å². The molecule has 0 aliphatic carbocycles. The minimum absolute atomic E-state index is 0.0313. The van der Waals surface area contributed by atoms with Crippen LogP contribution in [-0.4, -0.2) is 21.9 Å². The summed E-state index contributed by atoms with van der Waals surface area (Å²) in [6.45, 7) is 6.64. The van der Waals surface area contributed by atoms with Gasteiger partial charge in [0.2, 0.25) is 0 Å². The lowest BCUT2D eigenvalue weighted by Gasteiger charge is -2.08. The second-order valence-electron chi connectivity index (χ2n) is 5.73. The molecule has 2 heterocycles. The van der Waals surface area contributed by atoms with Gasteiger partial charge in [0.05, 0.1) is 12.0 Å². The number of hydrogen-bond donors (Lipinski definition) is 0. The molecule has 4 nitrogen and oxygen atoms in total. The fraction of sp³-hybridized carbons (Fsp3) is 0.333. The Morgan fingerprint density at radius 1 is 1.21 bits per heavy atom. The van der Waals surface area contributed by atoms with E-state index in [4.69, 9.17) is 4.74 Å². The summed E-state index contributed by atoms with van der Waals surface area (Å²) < 4.78 is 7.37. The zero-order valence-electron chi connectivity index (χ0n) is 14.3. The van der Waals surface area contributed by atoms with E-state index in [-0.39, 0.29) is 5.56 Å². The van der Waals surface area contributed by atoms with Gasteiger partial charge in [-0.2, -0.15) is 0 Å². The van der Waals surface area contributed by atoms with Crippen molar-refractivity contribution in [3.63, 3.8) is 0 Å². The van der Waals surface area contributed by atoms with Crippen LogP contribution in [0.1, 0.15) is 16.0 Å². The smallest absolute Gasteiger partial charge is 0.262 e. The molecule has 2 aromatic heterocycles. The molecule has 0 spiro atoms. The van der Waals surface area contributed by atoms with Crippen LogP contribution in [-0.2, 0) is 7.05 Å². The Kier molecular flexibility index (Phi) is 4.96. The average molecular weight is 361 g/mol. The van der Waals surface area contributed by atoms with Gasteiger partial charge in [-0.25, -0.2) is 4.98 Å². The summed E-state index contributed by atoms with van der Waals surface area (Å²) in [7, 11) is 1.78. The zero-order valence-corrected chi connectivity index (χ0v) is 15.9. The maximum atomic E-state index is 12.6. The van der Waals surface area contributed by atoms with E-state index in [1.54, 1.807) is 34.7 Å². The molecule has 126 valence electrons. The molecule has 0 unspecified atom stereocenters. The summed E-state index contributed by atoms with van der Waals surface area (Å²) in [6.07, 6.45) is 0. The van der Waals surface area contributed by atoms with Gasteiger partial charge in [0.25, 0.3) is 5.56 Å². The van der Waals surface area contributed by atoms with Gasteiger partial charge in [0, 0.05) is 17.7 Å². The molecule has 0 aliphatic heterocycles. The summed E-state index contributed by atoms with van der Waals surface area (Å²) in [6, 6.07) is 8.00. The van der Waals surface area contributed by atoms with E-state index in [1.165, 1.54) is 5.56 Å². The number of nitrogens with zero attached hydrogens (tertiary/aromatic N) is 2. The highest BCUT2D eigenvalue weighted by molar-refractivity contribution is 7.99. The van der Waals surface area contributed by atoms with Gasteiger partial charge in [-0.05, 0) is 38.5 Å². The average Bonchev–Trinajstić information content (AvgIpc) is 2.84. The van der Waals surface area contributed by atoms with Crippen molar-refractivity contribution >= 4 is 33.3 Å². The lowest BCUT2D eigenvalue weighted by atomic mass is 10.2. The summed E-state index contributed by atoms with van der Waals surface area (Å²) in [5.41, 5.74) is 2.29. The first-order valence-corrected chi connectivity index (χ1v) is 9.56. The molecular weight excluding hydrogens is 340 g/mol. The number of aromatic nitrogens is 2. The summed E-state index contributed by atoms with van der Waals surface area (Å²) >= 11 is 3.13. The molecule has 0 aliphatic rings. The highest BCUT2D eigenvalue weighted by Crippen LogP contribution is 2.28. The number of thioether (sulfide) groups is 1. The monoisotopic (exact) mass is 360 g/mol. The molecule has 0 atom stereocenters. The van der Waals surface area contributed by atoms with E-state index in [2.05, 4.69) is 11.9 Å². The Hall–Kier alpha value is -1.79. The highest BCUT2D eigenvalue weighted by Gasteiger charge is 2.14. The third-order valence-corrected chi connectivity index (χ3v) is 6.07. The van der Waals surface area contributed by atoms with Crippen molar-refractivity contribution < 1.29 is 4.74 Å². The van der Waals surface area contributed by atoms with Crippen LogP contribution < -0.4 is 10.3 Å². The van der Waals surface area contributed by atoms with Crippen molar-refractivity contribution in [3.05, 3.63) is 50.6 Å². The molecule has 0 radical (unpaired) electrons. The van der Waals surface area contributed by atoms with Crippen LogP contribution in [0.3, 0.4) is 0 Å². The van der Waals surface area contributed by atoms with Crippen molar-refractivity contribution in [2.24, 2.45) is 7.05 Å². The number of rotatable bonds is 5. The van der Waals surface area contributed by atoms with Crippen LogP contribution in [0.5, 0.6) is 5.75 Å².